The number of alkyl carbamates (subject to hydrolysis) is 1. The Morgan fingerprint density at radius 3 is 2.57 bits per heavy atom. The van der Waals surface area contributed by atoms with E-state index in [1.54, 1.807) is 9.96 Å². The fourth-order valence-corrected chi connectivity index (χ4v) is 6.69. The molecule has 256 valence electrons. The van der Waals surface area contributed by atoms with E-state index in [-0.39, 0.29) is 37.4 Å². The maximum Gasteiger partial charge on any atom is 0.407 e. The van der Waals surface area contributed by atoms with E-state index in [4.69, 9.17) is 28.5 Å². The van der Waals surface area contributed by atoms with Gasteiger partial charge >= 0.3 is 6.09 Å². The van der Waals surface area contributed by atoms with Crippen molar-refractivity contribution in [1.82, 2.24) is 15.3 Å². The lowest BCUT2D eigenvalue weighted by Crippen LogP contribution is -2.50. The zero-order chi connectivity index (χ0) is 32.4. The second-order valence-electron chi connectivity index (χ2n) is 12.7. The van der Waals surface area contributed by atoms with Crippen LogP contribution in [0.2, 0.25) is 0 Å². The van der Waals surface area contributed by atoms with Gasteiger partial charge in [-0.05, 0) is 48.9 Å². The number of nitrogens with zero attached hydrogens (tertiary/aromatic N) is 2. The van der Waals surface area contributed by atoms with E-state index in [1.807, 2.05) is 54.6 Å². The zero-order valence-electron chi connectivity index (χ0n) is 26.9. The number of carbonyl (C=O) groups excluding carboxylic acids is 2. The Morgan fingerprint density at radius 1 is 0.979 bits per heavy atom. The number of aliphatic hydroxyl groups excluding tert-OH is 1. The summed E-state index contributed by atoms with van der Waals surface area (Å²) in [7, 11) is 0. The summed E-state index contributed by atoms with van der Waals surface area (Å²) in [5, 5.41) is 16.4. The number of nitrogens with one attached hydrogen (secondary N) is 1. The number of fused-ring (bicyclic) bond motifs is 1. The van der Waals surface area contributed by atoms with E-state index in [2.05, 4.69) is 5.32 Å². The van der Waals surface area contributed by atoms with Gasteiger partial charge in [0.2, 0.25) is 0 Å². The second-order valence-corrected chi connectivity index (χ2v) is 12.7. The molecule has 5 atom stereocenters. The van der Waals surface area contributed by atoms with Crippen molar-refractivity contribution in [3.05, 3.63) is 65.7 Å². The normalized spacial score (nSPS) is 24.2. The van der Waals surface area contributed by atoms with Crippen LogP contribution in [-0.4, -0.2) is 110 Å². The molecule has 1 aliphatic carbocycles. The molecule has 5 unspecified atom stereocenters. The van der Waals surface area contributed by atoms with Gasteiger partial charge in [-0.25, -0.2) is 4.79 Å². The van der Waals surface area contributed by atoms with Gasteiger partial charge in [0.1, 0.15) is 11.9 Å². The van der Waals surface area contributed by atoms with Gasteiger partial charge in [-0.15, -0.1) is 0 Å². The highest BCUT2D eigenvalue weighted by Crippen LogP contribution is 2.33. The SMILES string of the molecule is O=C(NC(Cc1ccccc1)C(O)CN(Cc1cccc(OCC(=O)N2CCOCC2)c1)OC1CCCC1)OC1COC2OCCC12. The van der Waals surface area contributed by atoms with Crippen LogP contribution >= 0.6 is 0 Å². The minimum absolute atomic E-state index is 0.0192. The van der Waals surface area contributed by atoms with Gasteiger partial charge in [0.15, 0.2) is 12.9 Å². The Balaban J connectivity index is 1.10. The largest absolute Gasteiger partial charge is 0.484 e. The molecule has 0 bridgehead atoms. The predicted molar refractivity (Wildman–Crippen MR) is 170 cm³/mol. The number of amides is 2. The first-order chi connectivity index (χ1) is 23.0. The van der Waals surface area contributed by atoms with Crippen LogP contribution in [0.5, 0.6) is 5.75 Å². The second kappa shape index (κ2) is 16.7. The minimum Gasteiger partial charge on any atom is -0.484 e. The molecule has 4 aliphatic rings. The molecular formula is C35H47N3O9. The van der Waals surface area contributed by atoms with Crippen LogP contribution in [-0.2, 0) is 41.5 Å². The Bertz CT molecular complexity index is 1290. The van der Waals surface area contributed by atoms with Crippen molar-refractivity contribution in [3.8, 4) is 5.75 Å². The molecule has 0 aromatic heterocycles. The molecule has 2 aromatic rings. The highest BCUT2D eigenvalue weighted by Gasteiger charge is 2.44. The topological polar surface area (TPSA) is 128 Å². The fourth-order valence-electron chi connectivity index (χ4n) is 6.69. The van der Waals surface area contributed by atoms with Crippen LogP contribution in [0.3, 0.4) is 0 Å². The molecule has 47 heavy (non-hydrogen) atoms. The molecule has 3 heterocycles. The van der Waals surface area contributed by atoms with Crippen LogP contribution in [0.15, 0.2) is 54.6 Å². The minimum atomic E-state index is -0.975. The molecule has 2 N–H and O–H groups in total. The van der Waals surface area contributed by atoms with Gasteiger partial charge in [-0.3, -0.25) is 9.63 Å². The van der Waals surface area contributed by atoms with Gasteiger partial charge in [-0.1, -0.05) is 55.3 Å². The lowest BCUT2D eigenvalue weighted by atomic mass is 10.0. The summed E-state index contributed by atoms with van der Waals surface area (Å²) in [4.78, 5) is 34.0. The van der Waals surface area contributed by atoms with Crippen molar-refractivity contribution in [2.45, 2.75) is 75.7 Å². The summed E-state index contributed by atoms with van der Waals surface area (Å²) < 4.78 is 28.2. The van der Waals surface area contributed by atoms with Gasteiger partial charge in [0.25, 0.3) is 5.91 Å². The summed E-state index contributed by atoms with van der Waals surface area (Å²) >= 11 is 0. The van der Waals surface area contributed by atoms with Crippen LogP contribution in [0.25, 0.3) is 0 Å². The molecule has 3 aliphatic heterocycles. The molecule has 4 fully saturated rings. The first-order valence-corrected chi connectivity index (χ1v) is 16.9. The monoisotopic (exact) mass is 653 g/mol. The molecular weight excluding hydrogens is 606 g/mol. The first-order valence-electron chi connectivity index (χ1n) is 16.9. The Labute approximate surface area is 276 Å². The zero-order valence-corrected chi connectivity index (χ0v) is 26.9. The van der Waals surface area contributed by atoms with Crippen molar-refractivity contribution in [3.63, 3.8) is 0 Å². The lowest BCUT2D eigenvalue weighted by Gasteiger charge is -2.31. The van der Waals surface area contributed by atoms with Gasteiger partial charge in [-0.2, -0.15) is 5.06 Å². The summed E-state index contributed by atoms with van der Waals surface area (Å²) in [5.41, 5.74) is 1.89. The van der Waals surface area contributed by atoms with Gasteiger partial charge in [0, 0.05) is 19.6 Å². The number of morpholine rings is 1. The van der Waals surface area contributed by atoms with Crippen LogP contribution in [0.4, 0.5) is 4.79 Å². The number of carbonyl (C=O) groups is 2. The Hall–Kier alpha value is -3.26. The number of aliphatic hydroxyl groups is 1. The fraction of sp³-hybridized carbons (Fsp3) is 0.600. The summed E-state index contributed by atoms with van der Waals surface area (Å²) in [6.07, 6.45) is 3.07. The van der Waals surface area contributed by atoms with Crippen molar-refractivity contribution in [2.24, 2.45) is 5.92 Å². The quantitative estimate of drug-likeness (QED) is 0.294. The molecule has 12 nitrogen and oxygen atoms in total. The third-order valence-electron chi connectivity index (χ3n) is 9.28. The molecule has 2 amide bonds. The van der Waals surface area contributed by atoms with Crippen molar-refractivity contribution in [2.75, 3.05) is 52.7 Å². The van der Waals surface area contributed by atoms with E-state index in [0.717, 1.165) is 43.2 Å². The maximum atomic E-state index is 13.2. The van der Waals surface area contributed by atoms with Crippen LogP contribution < -0.4 is 10.1 Å². The number of ether oxygens (including phenoxy) is 5. The third-order valence-corrected chi connectivity index (χ3v) is 9.28. The summed E-state index contributed by atoms with van der Waals surface area (Å²) in [6, 6.07) is 16.7. The first kappa shape index (κ1) is 33.6. The number of hydrogen-bond acceptors (Lipinski definition) is 10. The highest BCUT2D eigenvalue weighted by molar-refractivity contribution is 5.77. The van der Waals surface area contributed by atoms with E-state index in [9.17, 15) is 14.7 Å². The molecule has 0 spiro atoms. The van der Waals surface area contributed by atoms with Crippen molar-refractivity contribution in [1.29, 1.82) is 0 Å². The van der Waals surface area contributed by atoms with E-state index in [1.165, 1.54) is 0 Å². The molecule has 2 aromatic carbocycles. The molecule has 12 heteroatoms. The summed E-state index contributed by atoms with van der Waals surface area (Å²) in [6.45, 7) is 3.59. The van der Waals surface area contributed by atoms with E-state index >= 15 is 0 Å². The summed E-state index contributed by atoms with van der Waals surface area (Å²) in [5.74, 6) is 0.536. The Kier molecular flexibility index (Phi) is 12.0. The maximum absolute atomic E-state index is 13.2. The average molecular weight is 654 g/mol. The smallest absolute Gasteiger partial charge is 0.407 e. The molecule has 0 radical (unpaired) electrons. The molecule has 3 saturated heterocycles. The number of rotatable bonds is 14. The Morgan fingerprint density at radius 2 is 1.77 bits per heavy atom. The van der Waals surface area contributed by atoms with Crippen LogP contribution in [0, 0.1) is 5.92 Å². The molecule has 1 saturated carbocycles. The predicted octanol–water partition coefficient (Wildman–Crippen LogP) is 3.06. The third kappa shape index (κ3) is 9.65. The standard InChI is InChI=1S/C35H47N3O9/c39-31(30(20-25-7-2-1-3-8-25)36-35(41)46-32-23-45-34-29(32)13-16-43-34)22-38(47-27-10-4-5-11-27)21-26-9-6-12-28(19-26)44-24-33(40)37-14-17-42-18-15-37/h1-3,6-9,12,19,27,29-32,34,39H,4-5,10-11,13-18,20-24H2,(H,36,41). The van der Waals surface area contributed by atoms with Crippen molar-refractivity contribution < 1.29 is 43.2 Å². The highest BCUT2D eigenvalue weighted by atomic mass is 16.7. The van der Waals surface area contributed by atoms with Crippen LogP contribution in [0.1, 0.15) is 43.2 Å². The van der Waals surface area contributed by atoms with Gasteiger partial charge < -0.3 is 39.0 Å². The van der Waals surface area contributed by atoms with Crippen molar-refractivity contribution >= 4 is 12.0 Å². The lowest BCUT2D eigenvalue weighted by molar-refractivity contribution is -0.214. The van der Waals surface area contributed by atoms with E-state index < -0.39 is 24.3 Å². The van der Waals surface area contributed by atoms with E-state index in [0.29, 0.717) is 58.2 Å². The molecule has 6 rings (SSSR count). The number of hydrogen-bond donors (Lipinski definition) is 2. The number of hydroxylamine groups is 2. The average Bonchev–Trinajstić information content (AvgIpc) is 3.86. The van der Waals surface area contributed by atoms with Gasteiger partial charge in [0.05, 0.1) is 57.1 Å². The number of benzene rings is 2.